The Morgan fingerprint density at radius 2 is 2.12 bits per heavy atom. The van der Waals surface area contributed by atoms with E-state index in [1.165, 1.54) is 0 Å². The van der Waals surface area contributed by atoms with Crippen molar-refractivity contribution in [2.24, 2.45) is 0 Å². The minimum Gasteiger partial charge on any atom is -0.490 e. The summed E-state index contributed by atoms with van der Waals surface area (Å²) in [6.45, 7) is 6.95. The molecule has 0 saturated carbocycles. The predicted molar refractivity (Wildman–Crippen MR) is 99.2 cm³/mol. The van der Waals surface area contributed by atoms with Crippen molar-refractivity contribution in [1.29, 1.82) is 0 Å². The number of benzene rings is 1. The minimum absolute atomic E-state index is 0.0200. The van der Waals surface area contributed by atoms with Crippen LogP contribution in [0.25, 0.3) is 0 Å². The van der Waals surface area contributed by atoms with Crippen molar-refractivity contribution >= 4 is 5.91 Å². The number of aromatic amines is 1. The highest BCUT2D eigenvalue weighted by Crippen LogP contribution is 2.25. The van der Waals surface area contributed by atoms with E-state index in [-0.39, 0.29) is 12.5 Å². The van der Waals surface area contributed by atoms with E-state index < -0.39 is 5.60 Å². The van der Waals surface area contributed by atoms with Gasteiger partial charge in [0.2, 0.25) is 5.91 Å². The van der Waals surface area contributed by atoms with E-state index in [0.29, 0.717) is 25.9 Å². The van der Waals surface area contributed by atoms with Crippen molar-refractivity contribution in [2.75, 3.05) is 19.7 Å². The van der Waals surface area contributed by atoms with Crippen LogP contribution in [0.1, 0.15) is 35.4 Å². The van der Waals surface area contributed by atoms with E-state index in [2.05, 4.69) is 10.2 Å². The molecule has 0 spiro atoms. The average molecular weight is 357 g/mol. The Labute approximate surface area is 154 Å². The van der Waals surface area contributed by atoms with E-state index in [4.69, 9.17) is 4.74 Å². The van der Waals surface area contributed by atoms with Crippen LogP contribution in [0.15, 0.2) is 24.3 Å². The molecule has 140 valence electrons. The number of H-pyrrole nitrogens is 1. The van der Waals surface area contributed by atoms with Crippen LogP contribution in [-0.4, -0.2) is 51.4 Å². The molecule has 2 aromatic rings. The summed E-state index contributed by atoms with van der Waals surface area (Å²) < 4.78 is 5.85. The highest BCUT2D eigenvalue weighted by atomic mass is 16.5. The highest BCUT2D eigenvalue weighted by Gasteiger charge is 2.36. The van der Waals surface area contributed by atoms with Crippen LogP contribution in [0.3, 0.4) is 0 Å². The third-order valence-electron chi connectivity index (χ3n) is 5.11. The number of hydrogen-bond donors (Lipinski definition) is 2. The Morgan fingerprint density at radius 3 is 2.81 bits per heavy atom. The fourth-order valence-corrected chi connectivity index (χ4v) is 3.47. The summed E-state index contributed by atoms with van der Waals surface area (Å²) in [7, 11) is 0. The molecule has 0 radical (unpaired) electrons. The molecule has 0 bridgehead atoms. The maximum Gasteiger partial charge on any atom is 0.227 e. The van der Waals surface area contributed by atoms with Crippen LogP contribution in [0.2, 0.25) is 0 Å². The number of nitrogens with zero attached hydrogens (tertiary/aromatic N) is 2. The zero-order valence-electron chi connectivity index (χ0n) is 15.7. The van der Waals surface area contributed by atoms with Crippen LogP contribution in [-0.2, 0) is 11.2 Å². The number of carbonyl (C=O) groups excluding carboxylic acids is 1. The van der Waals surface area contributed by atoms with Crippen molar-refractivity contribution in [3.63, 3.8) is 0 Å². The molecule has 1 unspecified atom stereocenters. The molecule has 6 nitrogen and oxygen atoms in total. The summed E-state index contributed by atoms with van der Waals surface area (Å²) in [5, 5.41) is 18.0. The molecule has 1 aliphatic heterocycles. The number of rotatable bonds is 5. The second-order valence-electron chi connectivity index (χ2n) is 7.29. The zero-order valence-corrected chi connectivity index (χ0v) is 15.7. The maximum atomic E-state index is 12.7. The lowest BCUT2D eigenvalue weighted by molar-refractivity contribution is -0.139. The van der Waals surface area contributed by atoms with Gasteiger partial charge < -0.3 is 14.7 Å². The molecule has 2 N–H and O–H groups in total. The number of para-hydroxylation sites is 1. The predicted octanol–water partition coefficient (Wildman–Crippen LogP) is 2.31. The molecule has 1 aliphatic rings. The normalized spacial score (nSPS) is 20.2. The van der Waals surface area contributed by atoms with Gasteiger partial charge in [0.25, 0.3) is 0 Å². The fraction of sp³-hybridized carbons (Fsp3) is 0.500. The first-order valence-corrected chi connectivity index (χ1v) is 9.07. The molecular formula is C20H27N3O3. The number of aromatic nitrogens is 2. The van der Waals surface area contributed by atoms with Crippen molar-refractivity contribution in [1.82, 2.24) is 15.1 Å². The van der Waals surface area contributed by atoms with Gasteiger partial charge in [-0.15, -0.1) is 0 Å². The van der Waals surface area contributed by atoms with Gasteiger partial charge in [0.1, 0.15) is 18.0 Å². The largest absolute Gasteiger partial charge is 0.490 e. The number of aryl methyl sites for hydroxylation is 3. The molecule has 26 heavy (non-hydrogen) atoms. The number of hydrogen-bond acceptors (Lipinski definition) is 4. The lowest BCUT2D eigenvalue weighted by Gasteiger charge is -2.39. The fourth-order valence-electron chi connectivity index (χ4n) is 3.47. The number of ether oxygens (including phenoxy) is 1. The summed E-state index contributed by atoms with van der Waals surface area (Å²) in [5.74, 6) is 0.792. The number of amides is 1. The Bertz CT molecular complexity index is 767. The summed E-state index contributed by atoms with van der Waals surface area (Å²) in [5.41, 5.74) is 2.74. The molecule has 1 atom stereocenters. The summed E-state index contributed by atoms with van der Waals surface area (Å²) in [6, 6.07) is 7.75. The van der Waals surface area contributed by atoms with Gasteiger partial charge in [0, 0.05) is 17.8 Å². The average Bonchev–Trinajstić information content (AvgIpc) is 2.93. The second-order valence-corrected chi connectivity index (χ2v) is 7.29. The second kappa shape index (κ2) is 7.50. The summed E-state index contributed by atoms with van der Waals surface area (Å²) >= 11 is 0. The van der Waals surface area contributed by atoms with Gasteiger partial charge in [-0.05, 0) is 45.2 Å². The molecule has 2 heterocycles. The molecule has 1 aromatic carbocycles. The number of carbonyl (C=O) groups is 1. The monoisotopic (exact) mass is 357 g/mol. The minimum atomic E-state index is -1.02. The first kappa shape index (κ1) is 18.5. The molecule has 1 amide bonds. The number of aliphatic hydroxyl groups is 1. The van der Waals surface area contributed by atoms with E-state index >= 15 is 0 Å². The van der Waals surface area contributed by atoms with Gasteiger partial charge in [0.05, 0.1) is 18.7 Å². The zero-order chi connectivity index (χ0) is 18.7. The molecule has 6 heteroatoms. The Balaban J connectivity index is 1.62. The smallest absolute Gasteiger partial charge is 0.227 e. The number of nitrogens with one attached hydrogen (secondary N) is 1. The lowest BCUT2D eigenvalue weighted by atomic mass is 9.93. The van der Waals surface area contributed by atoms with Gasteiger partial charge in [-0.1, -0.05) is 18.2 Å². The molecule has 1 aromatic heterocycles. The van der Waals surface area contributed by atoms with Crippen LogP contribution in [0.4, 0.5) is 0 Å². The number of likely N-dealkylation sites (tertiary alicyclic amines) is 1. The third kappa shape index (κ3) is 4.07. The van der Waals surface area contributed by atoms with Crippen LogP contribution in [0, 0.1) is 20.8 Å². The van der Waals surface area contributed by atoms with Crippen molar-refractivity contribution in [3.8, 4) is 5.75 Å². The van der Waals surface area contributed by atoms with Crippen molar-refractivity contribution in [2.45, 2.75) is 45.6 Å². The topological polar surface area (TPSA) is 78.5 Å². The van der Waals surface area contributed by atoms with Crippen LogP contribution < -0.4 is 4.74 Å². The number of β-amino-alcohol motifs (C(OH)–C–C–N with tert-alkyl or cyclic N) is 1. The van der Waals surface area contributed by atoms with Gasteiger partial charge in [-0.3, -0.25) is 9.89 Å². The van der Waals surface area contributed by atoms with E-state index in [1.807, 2.05) is 45.0 Å². The Hall–Kier alpha value is -2.34. The van der Waals surface area contributed by atoms with Gasteiger partial charge in [-0.2, -0.15) is 5.10 Å². The van der Waals surface area contributed by atoms with Crippen LogP contribution in [0.5, 0.6) is 5.75 Å². The Morgan fingerprint density at radius 1 is 1.35 bits per heavy atom. The van der Waals surface area contributed by atoms with Crippen molar-refractivity contribution in [3.05, 3.63) is 46.8 Å². The molecule has 0 aliphatic carbocycles. The van der Waals surface area contributed by atoms with Crippen molar-refractivity contribution < 1.29 is 14.6 Å². The molecular weight excluding hydrogens is 330 g/mol. The van der Waals surface area contributed by atoms with E-state index in [9.17, 15) is 9.90 Å². The molecule has 1 fully saturated rings. The maximum absolute atomic E-state index is 12.7. The lowest BCUT2D eigenvalue weighted by Crippen LogP contribution is -2.53. The van der Waals surface area contributed by atoms with Gasteiger partial charge in [-0.25, -0.2) is 0 Å². The first-order valence-electron chi connectivity index (χ1n) is 9.07. The van der Waals surface area contributed by atoms with Crippen LogP contribution >= 0.6 is 0 Å². The third-order valence-corrected chi connectivity index (χ3v) is 5.11. The summed E-state index contributed by atoms with van der Waals surface area (Å²) in [6.07, 6.45) is 1.71. The quantitative estimate of drug-likeness (QED) is 0.861. The molecule has 1 saturated heterocycles. The van der Waals surface area contributed by atoms with Gasteiger partial charge in [0.15, 0.2) is 0 Å². The van der Waals surface area contributed by atoms with Gasteiger partial charge >= 0.3 is 0 Å². The highest BCUT2D eigenvalue weighted by molar-refractivity contribution is 5.79. The number of piperidine rings is 1. The van der Waals surface area contributed by atoms with E-state index in [1.54, 1.807) is 4.90 Å². The summed E-state index contributed by atoms with van der Waals surface area (Å²) in [4.78, 5) is 14.5. The SMILES string of the molecule is Cc1ccccc1OCC1(O)CCCN(C(=O)Cc2c(C)n[nH]c2C)C1. The van der Waals surface area contributed by atoms with E-state index in [0.717, 1.165) is 34.7 Å². The molecule has 3 rings (SSSR count). The first-order chi connectivity index (χ1) is 12.4. The standard InChI is InChI=1S/C20H27N3O3/c1-14-7-4-5-8-18(14)26-13-20(25)9-6-10-23(12-20)19(24)11-17-15(2)21-22-16(17)3/h4-5,7-8,25H,6,9-13H2,1-3H3,(H,21,22). The Kier molecular flexibility index (Phi) is 5.32.